The number of nitrogens with one attached hydrogen (secondary N) is 1. The van der Waals surface area contributed by atoms with Gasteiger partial charge in [-0.25, -0.2) is 4.79 Å². The number of urea groups is 1. The van der Waals surface area contributed by atoms with Gasteiger partial charge in [0.15, 0.2) is 5.78 Å². The number of benzene rings is 2. The van der Waals surface area contributed by atoms with E-state index in [9.17, 15) is 14.4 Å². The lowest BCUT2D eigenvalue weighted by atomic mass is 9.73. The Morgan fingerprint density at radius 1 is 1.04 bits per heavy atom. The number of hydrogen-bond acceptors (Lipinski definition) is 3. The van der Waals surface area contributed by atoms with Crippen molar-refractivity contribution in [1.82, 2.24) is 10.2 Å². The Morgan fingerprint density at radius 3 is 2.39 bits per heavy atom. The zero-order chi connectivity index (χ0) is 19.7. The van der Waals surface area contributed by atoms with Gasteiger partial charge < -0.3 is 5.32 Å². The SMILES string of the molecule is C[C@H]1CCCC[C@]12NC(=O)N(CC(=O)c1ccc(-c3ccccc3)cc1)C2=O. The van der Waals surface area contributed by atoms with Gasteiger partial charge in [0.2, 0.25) is 0 Å². The summed E-state index contributed by atoms with van der Waals surface area (Å²) in [7, 11) is 0. The first-order valence-electron chi connectivity index (χ1n) is 9.84. The maximum atomic E-state index is 13.0. The molecule has 0 unspecified atom stereocenters. The molecule has 28 heavy (non-hydrogen) atoms. The minimum absolute atomic E-state index is 0.0861. The first kappa shape index (κ1) is 18.4. The third-order valence-corrected chi connectivity index (χ3v) is 6.12. The molecule has 1 N–H and O–H groups in total. The van der Waals surface area contributed by atoms with E-state index in [0.717, 1.165) is 35.3 Å². The summed E-state index contributed by atoms with van der Waals surface area (Å²) in [6, 6.07) is 16.7. The smallest absolute Gasteiger partial charge is 0.323 e. The molecular formula is C23H24N2O3. The number of ketones is 1. The summed E-state index contributed by atoms with van der Waals surface area (Å²) in [4.78, 5) is 39.3. The lowest BCUT2D eigenvalue weighted by Crippen LogP contribution is -2.54. The van der Waals surface area contributed by atoms with Crippen molar-refractivity contribution in [3.63, 3.8) is 0 Å². The quantitative estimate of drug-likeness (QED) is 0.647. The first-order valence-corrected chi connectivity index (χ1v) is 9.84. The predicted molar refractivity (Wildman–Crippen MR) is 107 cm³/mol. The molecule has 1 spiro atoms. The van der Waals surface area contributed by atoms with Gasteiger partial charge in [0.1, 0.15) is 5.54 Å². The molecule has 1 aliphatic carbocycles. The summed E-state index contributed by atoms with van der Waals surface area (Å²) in [5.41, 5.74) is 1.76. The third-order valence-electron chi connectivity index (χ3n) is 6.12. The maximum Gasteiger partial charge on any atom is 0.325 e. The van der Waals surface area contributed by atoms with Crippen LogP contribution >= 0.6 is 0 Å². The fourth-order valence-electron chi connectivity index (χ4n) is 4.35. The van der Waals surface area contributed by atoms with Gasteiger partial charge in [0, 0.05) is 5.56 Å². The molecule has 5 nitrogen and oxygen atoms in total. The normalized spacial score (nSPS) is 24.5. The fourth-order valence-corrected chi connectivity index (χ4v) is 4.35. The van der Waals surface area contributed by atoms with E-state index in [1.165, 1.54) is 0 Å². The van der Waals surface area contributed by atoms with Gasteiger partial charge in [0.05, 0.1) is 6.54 Å². The number of carbonyl (C=O) groups excluding carboxylic acids is 3. The van der Waals surface area contributed by atoms with Crippen molar-refractivity contribution in [2.45, 2.75) is 38.1 Å². The molecule has 0 radical (unpaired) electrons. The van der Waals surface area contributed by atoms with Crippen molar-refractivity contribution in [1.29, 1.82) is 0 Å². The molecule has 1 saturated carbocycles. The number of amides is 3. The van der Waals surface area contributed by atoms with Crippen LogP contribution in [0.3, 0.4) is 0 Å². The highest BCUT2D eigenvalue weighted by molar-refractivity contribution is 6.11. The lowest BCUT2D eigenvalue weighted by Gasteiger charge is -2.36. The van der Waals surface area contributed by atoms with Crippen LogP contribution in [0.25, 0.3) is 11.1 Å². The Morgan fingerprint density at radius 2 is 1.71 bits per heavy atom. The number of nitrogens with zero attached hydrogens (tertiary/aromatic N) is 1. The highest BCUT2D eigenvalue weighted by Crippen LogP contribution is 2.38. The Kier molecular flexibility index (Phi) is 4.75. The van der Waals surface area contributed by atoms with E-state index in [0.29, 0.717) is 12.0 Å². The zero-order valence-corrected chi connectivity index (χ0v) is 16.0. The van der Waals surface area contributed by atoms with Crippen LogP contribution < -0.4 is 5.32 Å². The highest BCUT2D eigenvalue weighted by atomic mass is 16.2. The molecule has 1 saturated heterocycles. The van der Waals surface area contributed by atoms with E-state index < -0.39 is 11.6 Å². The number of Topliss-reactive ketones (excluding diaryl/α,β-unsaturated/α-hetero) is 1. The summed E-state index contributed by atoms with van der Waals surface area (Å²) >= 11 is 0. The molecule has 144 valence electrons. The van der Waals surface area contributed by atoms with Crippen molar-refractivity contribution in [3.8, 4) is 11.1 Å². The Balaban J connectivity index is 1.49. The third kappa shape index (κ3) is 3.11. The average molecular weight is 376 g/mol. The summed E-state index contributed by atoms with van der Waals surface area (Å²) in [6.45, 7) is 1.79. The van der Waals surface area contributed by atoms with Gasteiger partial charge >= 0.3 is 6.03 Å². The van der Waals surface area contributed by atoms with Crippen LogP contribution in [0, 0.1) is 5.92 Å². The van der Waals surface area contributed by atoms with Crippen LogP contribution in [-0.2, 0) is 4.79 Å². The Bertz CT molecular complexity index is 907. The van der Waals surface area contributed by atoms with Crippen LogP contribution in [0.4, 0.5) is 4.79 Å². The molecule has 0 aromatic heterocycles. The van der Waals surface area contributed by atoms with Gasteiger partial charge in [-0.2, -0.15) is 0 Å². The van der Waals surface area contributed by atoms with Crippen molar-refractivity contribution in [2.24, 2.45) is 5.92 Å². The van der Waals surface area contributed by atoms with Gasteiger partial charge in [0.25, 0.3) is 5.91 Å². The second-order valence-electron chi connectivity index (χ2n) is 7.81. The molecule has 2 atom stereocenters. The van der Waals surface area contributed by atoms with Crippen LogP contribution in [0.2, 0.25) is 0 Å². The van der Waals surface area contributed by atoms with Crippen molar-refractivity contribution >= 4 is 17.7 Å². The standard InChI is InChI=1S/C23H24N2O3/c1-16-7-5-6-14-23(16)21(27)25(22(28)24-23)15-20(26)19-12-10-18(11-13-19)17-8-3-2-4-9-17/h2-4,8-13,16H,5-7,14-15H2,1H3,(H,24,28)/t16-,23-/m0/s1. The zero-order valence-electron chi connectivity index (χ0n) is 16.0. The summed E-state index contributed by atoms with van der Waals surface area (Å²) in [5, 5.41) is 2.89. The van der Waals surface area contributed by atoms with Crippen LogP contribution in [-0.4, -0.2) is 34.7 Å². The number of rotatable bonds is 4. The van der Waals surface area contributed by atoms with E-state index in [-0.39, 0.29) is 24.2 Å². The average Bonchev–Trinajstić information content (AvgIpc) is 2.96. The molecule has 5 heteroatoms. The molecular weight excluding hydrogens is 352 g/mol. The van der Waals surface area contributed by atoms with E-state index in [2.05, 4.69) is 5.32 Å². The number of hydrogen-bond donors (Lipinski definition) is 1. The summed E-state index contributed by atoms with van der Waals surface area (Å²) in [6.07, 6.45) is 3.54. The van der Waals surface area contributed by atoms with Gasteiger partial charge in [-0.3, -0.25) is 14.5 Å². The molecule has 0 bridgehead atoms. The van der Waals surface area contributed by atoms with Crippen LogP contribution in [0.5, 0.6) is 0 Å². The minimum Gasteiger partial charge on any atom is -0.323 e. The molecule has 2 aromatic carbocycles. The van der Waals surface area contributed by atoms with Gasteiger partial charge in [-0.05, 0) is 29.9 Å². The Labute approximate surface area is 164 Å². The highest BCUT2D eigenvalue weighted by Gasteiger charge is 2.55. The second-order valence-corrected chi connectivity index (χ2v) is 7.81. The van der Waals surface area contributed by atoms with Crippen molar-refractivity contribution in [2.75, 3.05) is 6.54 Å². The largest absolute Gasteiger partial charge is 0.325 e. The molecule has 2 aromatic rings. The molecule has 1 aliphatic heterocycles. The molecule has 3 amide bonds. The topological polar surface area (TPSA) is 66.5 Å². The number of carbonyl (C=O) groups is 3. The second kappa shape index (κ2) is 7.23. The summed E-state index contributed by atoms with van der Waals surface area (Å²) in [5.74, 6) is -0.398. The monoisotopic (exact) mass is 376 g/mol. The fraction of sp³-hybridized carbons (Fsp3) is 0.348. The van der Waals surface area contributed by atoms with E-state index in [1.54, 1.807) is 12.1 Å². The van der Waals surface area contributed by atoms with E-state index in [4.69, 9.17) is 0 Å². The molecule has 1 heterocycles. The van der Waals surface area contributed by atoms with E-state index in [1.807, 2.05) is 49.4 Å². The lowest BCUT2D eigenvalue weighted by molar-refractivity contribution is -0.133. The van der Waals surface area contributed by atoms with Crippen LogP contribution in [0.1, 0.15) is 43.0 Å². The first-order chi connectivity index (χ1) is 13.5. The maximum absolute atomic E-state index is 13.0. The van der Waals surface area contributed by atoms with Crippen LogP contribution in [0.15, 0.2) is 54.6 Å². The van der Waals surface area contributed by atoms with Gasteiger partial charge in [-0.15, -0.1) is 0 Å². The van der Waals surface area contributed by atoms with E-state index >= 15 is 0 Å². The van der Waals surface area contributed by atoms with Gasteiger partial charge in [-0.1, -0.05) is 74.4 Å². The molecule has 2 aliphatic rings. The predicted octanol–water partition coefficient (Wildman–Crippen LogP) is 4.04. The molecule has 2 fully saturated rings. The van der Waals surface area contributed by atoms with Crippen molar-refractivity contribution < 1.29 is 14.4 Å². The number of imide groups is 1. The molecule has 4 rings (SSSR count). The van der Waals surface area contributed by atoms with Crippen molar-refractivity contribution in [3.05, 3.63) is 60.2 Å². The minimum atomic E-state index is -0.827. The summed E-state index contributed by atoms with van der Waals surface area (Å²) < 4.78 is 0. The Hall–Kier alpha value is -2.95.